The Labute approximate surface area is 162 Å². The molecule has 1 heterocycles. The second kappa shape index (κ2) is 8.01. The molecule has 2 aromatic carbocycles. The zero-order valence-electron chi connectivity index (χ0n) is 15.0. The van der Waals surface area contributed by atoms with Gasteiger partial charge < -0.3 is 5.32 Å². The number of carbonyl (C=O) groups is 1. The first-order valence-corrected chi connectivity index (χ1v) is 10.2. The van der Waals surface area contributed by atoms with E-state index in [-0.39, 0.29) is 17.6 Å². The Kier molecular flexibility index (Phi) is 5.30. The average molecular weight is 380 g/mol. The lowest BCUT2D eigenvalue weighted by Crippen LogP contribution is -2.24. The van der Waals surface area contributed by atoms with Crippen LogP contribution in [-0.2, 0) is 4.79 Å². The summed E-state index contributed by atoms with van der Waals surface area (Å²) in [5.41, 5.74) is 2.87. The van der Waals surface area contributed by atoms with Gasteiger partial charge in [0, 0.05) is 22.4 Å². The van der Waals surface area contributed by atoms with Crippen molar-refractivity contribution >= 4 is 22.9 Å². The number of nitrogens with one attached hydrogen (secondary N) is 1. The standard InChI is InChI=1S/C22H21FN2OS/c23-18-12-6-4-10-16(18)22-25-20(14-27-22)17-11-5-7-13-19(17)24-21(26)15-8-2-1-3-9-15/h4-7,10-15H,1-3,8-9H2,(H,24,26). The van der Waals surface area contributed by atoms with Crippen LogP contribution in [0.4, 0.5) is 10.1 Å². The highest BCUT2D eigenvalue weighted by Crippen LogP contribution is 2.34. The van der Waals surface area contributed by atoms with Crippen LogP contribution in [0.5, 0.6) is 0 Å². The van der Waals surface area contributed by atoms with Crippen LogP contribution < -0.4 is 5.32 Å². The number of para-hydroxylation sites is 1. The smallest absolute Gasteiger partial charge is 0.227 e. The van der Waals surface area contributed by atoms with Crippen molar-refractivity contribution in [1.29, 1.82) is 0 Å². The number of aromatic nitrogens is 1. The normalized spacial score (nSPS) is 14.9. The van der Waals surface area contributed by atoms with Crippen molar-refractivity contribution < 1.29 is 9.18 Å². The molecule has 4 rings (SSSR count). The van der Waals surface area contributed by atoms with Gasteiger partial charge in [0.05, 0.1) is 11.4 Å². The molecule has 0 saturated heterocycles. The number of halogens is 1. The largest absolute Gasteiger partial charge is 0.325 e. The number of nitrogens with zero attached hydrogens (tertiary/aromatic N) is 1. The third-order valence-electron chi connectivity index (χ3n) is 5.05. The molecule has 0 radical (unpaired) electrons. The van der Waals surface area contributed by atoms with Crippen molar-refractivity contribution in [1.82, 2.24) is 4.98 Å². The van der Waals surface area contributed by atoms with E-state index in [1.807, 2.05) is 29.6 Å². The Bertz CT molecular complexity index is 947. The van der Waals surface area contributed by atoms with E-state index in [1.54, 1.807) is 18.2 Å². The van der Waals surface area contributed by atoms with Gasteiger partial charge in [-0.1, -0.05) is 49.6 Å². The van der Waals surface area contributed by atoms with E-state index < -0.39 is 0 Å². The summed E-state index contributed by atoms with van der Waals surface area (Å²) < 4.78 is 14.1. The lowest BCUT2D eigenvalue weighted by molar-refractivity contribution is -0.120. The molecule has 1 fully saturated rings. The molecule has 1 aliphatic rings. The number of hydrogen-bond acceptors (Lipinski definition) is 3. The van der Waals surface area contributed by atoms with Crippen molar-refractivity contribution in [2.45, 2.75) is 32.1 Å². The first-order chi connectivity index (χ1) is 13.2. The van der Waals surface area contributed by atoms with Crippen LogP contribution in [-0.4, -0.2) is 10.9 Å². The number of amides is 1. The second-order valence-electron chi connectivity index (χ2n) is 6.89. The average Bonchev–Trinajstić information content (AvgIpc) is 3.19. The van der Waals surface area contributed by atoms with Gasteiger partial charge in [0.2, 0.25) is 5.91 Å². The molecule has 0 bridgehead atoms. The van der Waals surface area contributed by atoms with E-state index in [2.05, 4.69) is 10.3 Å². The third kappa shape index (κ3) is 3.93. The molecule has 138 valence electrons. The molecule has 5 heteroatoms. The highest BCUT2D eigenvalue weighted by Gasteiger charge is 2.22. The monoisotopic (exact) mass is 380 g/mol. The van der Waals surface area contributed by atoms with Crippen LogP contribution in [0.15, 0.2) is 53.9 Å². The summed E-state index contributed by atoms with van der Waals surface area (Å²) in [6, 6.07) is 14.3. The fraction of sp³-hybridized carbons (Fsp3) is 0.273. The minimum atomic E-state index is -0.280. The molecule has 1 amide bonds. The topological polar surface area (TPSA) is 42.0 Å². The molecule has 1 aliphatic carbocycles. The predicted molar refractivity (Wildman–Crippen MR) is 108 cm³/mol. The van der Waals surface area contributed by atoms with Crippen LogP contribution in [0.1, 0.15) is 32.1 Å². The van der Waals surface area contributed by atoms with E-state index in [0.717, 1.165) is 42.6 Å². The van der Waals surface area contributed by atoms with Crippen LogP contribution in [0, 0.1) is 11.7 Å². The van der Waals surface area contributed by atoms with Crippen molar-refractivity contribution in [2.75, 3.05) is 5.32 Å². The summed E-state index contributed by atoms with van der Waals surface area (Å²) in [5, 5.41) is 5.64. The maximum absolute atomic E-state index is 14.1. The number of benzene rings is 2. The second-order valence-corrected chi connectivity index (χ2v) is 7.75. The van der Waals surface area contributed by atoms with Crippen LogP contribution in [0.3, 0.4) is 0 Å². The van der Waals surface area contributed by atoms with Gasteiger partial charge in [0.25, 0.3) is 0 Å². The molecule has 3 nitrogen and oxygen atoms in total. The number of rotatable bonds is 4. The van der Waals surface area contributed by atoms with E-state index in [0.29, 0.717) is 10.6 Å². The number of anilines is 1. The van der Waals surface area contributed by atoms with Crippen molar-refractivity contribution in [3.05, 3.63) is 59.7 Å². The van der Waals surface area contributed by atoms with Gasteiger partial charge in [-0.3, -0.25) is 4.79 Å². The zero-order valence-corrected chi connectivity index (χ0v) is 15.8. The van der Waals surface area contributed by atoms with Crippen molar-refractivity contribution in [3.8, 4) is 21.8 Å². The quantitative estimate of drug-likeness (QED) is 0.591. The maximum Gasteiger partial charge on any atom is 0.227 e. The van der Waals surface area contributed by atoms with Gasteiger partial charge in [-0.15, -0.1) is 11.3 Å². The highest BCUT2D eigenvalue weighted by molar-refractivity contribution is 7.13. The summed E-state index contributed by atoms with van der Waals surface area (Å²) >= 11 is 1.40. The summed E-state index contributed by atoms with van der Waals surface area (Å²) in [5.74, 6) is -0.0970. The molecule has 0 unspecified atom stereocenters. The first-order valence-electron chi connectivity index (χ1n) is 9.33. The van der Waals surface area contributed by atoms with E-state index in [1.165, 1.54) is 23.8 Å². The van der Waals surface area contributed by atoms with Crippen molar-refractivity contribution in [3.63, 3.8) is 0 Å². The molecule has 27 heavy (non-hydrogen) atoms. The number of hydrogen-bond donors (Lipinski definition) is 1. The minimum Gasteiger partial charge on any atom is -0.325 e. The Morgan fingerprint density at radius 2 is 1.70 bits per heavy atom. The Morgan fingerprint density at radius 3 is 2.48 bits per heavy atom. The number of carbonyl (C=O) groups excluding carboxylic acids is 1. The maximum atomic E-state index is 14.1. The fourth-order valence-electron chi connectivity index (χ4n) is 3.57. The van der Waals surface area contributed by atoms with Gasteiger partial charge >= 0.3 is 0 Å². The molecular weight excluding hydrogens is 359 g/mol. The zero-order chi connectivity index (χ0) is 18.6. The highest BCUT2D eigenvalue weighted by atomic mass is 32.1. The Balaban J connectivity index is 1.60. The van der Waals surface area contributed by atoms with Gasteiger partial charge in [0.1, 0.15) is 10.8 Å². The van der Waals surface area contributed by atoms with Crippen LogP contribution in [0.2, 0.25) is 0 Å². The molecule has 0 spiro atoms. The van der Waals surface area contributed by atoms with E-state index >= 15 is 0 Å². The van der Waals surface area contributed by atoms with Crippen LogP contribution in [0.25, 0.3) is 21.8 Å². The van der Waals surface area contributed by atoms with E-state index in [9.17, 15) is 9.18 Å². The van der Waals surface area contributed by atoms with Gasteiger partial charge in [-0.2, -0.15) is 0 Å². The summed E-state index contributed by atoms with van der Waals surface area (Å²) in [4.78, 5) is 17.3. The molecule has 3 aromatic rings. The van der Waals surface area contributed by atoms with Gasteiger partial charge in [-0.05, 0) is 31.0 Å². The lowest BCUT2D eigenvalue weighted by atomic mass is 9.88. The van der Waals surface area contributed by atoms with E-state index in [4.69, 9.17) is 0 Å². The molecular formula is C22H21FN2OS. The fourth-order valence-corrected chi connectivity index (χ4v) is 4.42. The first kappa shape index (κ1) is 17.9. The summed E-state index contributed by atoms with van der Waals surface area (Å²) in [6.45, 7) is 0. The third-order valence-corrected chi connectivity index (χ3v) is 5.92. The predicted octanol–water partition coefficient (Wildman–Crippen LogP) is 6.14. The molecule has 1 saturated carbocycles. The minimum absolute atomic E-state index is 0.0895. The molecule has 1 N–H and O–H groups in total. The molecule has 0 aliphatic heterocycles. The Hall–Kier alpha value is -2.53. The van der Waals surface area contributed by atoms with Crippen LogP contribution >= 0.6 is 11.3 Å². The summed E-state index contributed by atoms with van der Waals surface area (Å²) in [6.07, 6.45) is 5.39. The Morgan fingerprint density at radius 1 is 1.00 bits per heavy atom. The molecule has 1 aromatic heterocycles. The van der Waals surface area contributed by atoms with Crippen molar-refractivity contribution in [2.24, 2.45) is 5.92 Å². The van der Waals surface area contributed by atoms with Gasteiger partial charge in [-0.25, -0.2) is 9.37 Å². The SMILES string of the molecule is O=C(Nc1ccccc1-c1csc(-c2ccccc2F)n1)C1CCCCC1. The lowest BCUT2D eigenvalue weighted by Gasteiger charge is -2.21. The summed E-state index contributed by atoms with van der Waals surface area (Å²) in [7, 11) is 0. The van der Waals surface area contributed by atoms with Gasteiger partial charge in [0.15, 0.2) is 0 Å². The molecule has 0 atom stereocenters. The number of thiazole rings is 1.